The van der Waals surface area contributed by atoms with Crippen molar-refractivity contribution in [1.82, 2.24) is 0 Å². The van der Waals surface area contributed by atoms with Gasteiger partial charge in [0.2, 0.25) is 0 Å². The third-order valence-electron chi connectivity index (χ3n) is 5.16. The van der Waals surface area contributed by atoms with Crippen molar-refractivity contribution in [2.75, 3.05) is 4.90 Å². The zero-order valence-corrected chi connectivity index (χ0v) is 16.3. The molecule has 1 aliphatic rings. The van der Waals surface area contributed by atoms with Crippen LogP contribution in [0.25, 0.3) is 5.76 Å². The number of ketones is 1. The molecule has 0 saturated carbocycles. The Balaban J connectivity index is 1.96. The smallest absolute Gasteiger partial charge is 0.300 e. The Hall–Kier alpha value is -3.66. The minimum Gasteiger partial charge on any atom is -0.507 e. The first-order valence-electron chi connectivity index (χ1n) is 9.47. The van der Waals surface area contributed by atoms with E-state index in [1.54, 1.807) is 24.3 Å². The number of rotatable bonds is 3. The van der Waals surface area contributed by atoms with Crippen LogP contribution in [0, 0.1) is 13.8 Å². The fourth-order valence-corrected chi connectivity index (χ4v) is 3.69. The summed E-state index contributed by atoms with van der Waals surface area (Å²) in [6.07, 6.45) is 0. The fourth-order valence-electron chi connectivity index (χ4n) is 3.69. The van der Waals surface area contributed by atoms with Gasteiger partial charge in [0.1, 0.15) is 5.76 Å². The summed E-state index contributed by atoms with van der Waals surface area (Å²) < 4.78 is 0. The maximum Gasteiger partial charge on any atom is 0.300 e. The van der Waals surface area contributed by atoms with Crippen LogP contribution in [0.15, 0.2) is 84.4 Å². The van der Waals surface area contributed by atoms with E-state index in [9.17, 15) is 14.7 Å². The number of aryl methyl sites for hydroxylation is 2. The van der Waals surface area contributed by atoms with Gasteiger partial charge >= 0.3 is 0 Å². The number of aliphatic hydroxyl groups is 1. The molecule has 1 heterocycles. The summed E-state index contributed by atoms with van der Waals surface area (Å²) in [6.45, 7) is 3.91. The van der Waals surface area contributed by atoms with Gasteiger partial charge in [0, 0.05) is 11.3 Å². The molecule has 4 rings (SSSR count). The average Bonchev–Trinajstić information content (AvgIpc) is 2.99. The van der Waals surface area contributed by atoms with Gasteiger partial charge in [-0.05, 0) is 37.1 Å². The molecule has 1 atom stereocenters. The number of aliphatic hydroxyl groups excluding tert-OH is 1. The van der Waals surface area contributed by atoms with Crippen LogP contribution in [0.3, 0.4) is 0 Å². The van der Waals surface area contributed by atoms with E-state index in [0.29, 0.717) is 11.3 Å². The highest BCUT2D eigenvalue weighted by Gasteiger charge is 2.46. The van der Waals surface area contributed by atoms with Crippen LogP contribution in [0.4, 0.5) is 5.69 Å². The molecule has 4 nitrogen and oxygen atoms in total. The number of Topliss-reactive ketones (excluding diaryl/α,β-unsaturated/α-hetero) is 1. The van der Waals surface area contributed by atoms with Gasteiger partial charge in [0.05, 0.1) is 11.6 Å². The maximum absolute atomic E-state index is 13.0. The molecule has 0 aromatic heterocycles. The van der Waals surface area contributed by atoms with E-state index >= 15 is 0 Å². The van der Waals surface area contributed by atoms with Gasteiger partial charge in [0.15, 0.2) is 0 Å². The van der Waals surface area contributed by atoms with Crippen molar-refractivity contribution in [3.05, 3.63) is 107 Å². The van der Waals surface area contributed by atoms with Crippen LogP contribution in [0.1, 0.15) is 28.3 Å². The van der Waals surface area contributed by atoms with Crippen molar-refractivity contribution in [2.45, 2.75) is 19.9 Å². The molecule has 0 radical (unpaired) electrons. The Morgan fingerprint density at radius 3 is 2.17 bits per heavy atom. The number of carbonyl (C=O) groups excluding carboxylic acids is 2. The van der Waals surface area contributed by atoms with Crippen LogP contribution in [0.2, 0.25) is 0 Å². The van der Waals surface area contributed by atoms with Gasteiger partial charge in [0.25, 0.3) is 11.7 Å². The summed E-state index contributed by atoms with van der Waals surface area (Å²) >= 11 is 0. The molecule has 1 aliphatic heterocycles. The van der Waals surface area contributed by atoms with E-state index in [1.165, 1.54) is 4.90 Å². The van der Waals surface area contributed by atoms with Crippen LogP contribution in [-0.4, -0.2) is 16.8 Å². The molecule has 3 aromatic carbocycles. The van der Waals surface area contributed by atoms with Crippen molar-refractivity contribution in [3.63, 3.8) is 0 Å². The standard InChI is InChI=1S/C25H21NO3/c1-16-11-13-18(14-12-16)22-21(23(27)19-8-4-3-5-9-19)24(28)25(29)26(22)20-10-6-7-17(2)15-20/h3-15,22,27H,1-2H3. The molecular formula is C25H21NO3. The molecule has 1 unspecified atom stereocenters. The fraction of sp³-hybridized carbons (Fsp3) is 0.120. The minimum atomic E-state index is -0.697. The predicted molar refractivity (Wildman–Crippen MR) is 114 cm³/mol. The van der Waals surface area contributed by atoms with E-state index in [0.717, 1.165) is 16.7 Å². The van der Waals surface area contributed by atoms with E-state index in [1.807, 2.05) is 68.4 Å². The number of benzene rings is 3. The van der Waals surface area contributed by atoms with Crippen LogP contribution in [-0.2, 0) is 9.59 Å². The van der Waals surface area contributed by atoms with Crippen LogP contribution in [0.5, 0.6) is 0 Å². The number of carbonyl (C=O) groups is 2. The molecule has 0 spiro atoms. The van der Waals surface area contributed by atoms with Gasteiger partial charge in [-0.15, -0.1) is 0 Å². The average molecular weight is 383 g/mol. The molecule has 1 fully saturated rings. The maximum atomic E-state index is 13.0. The van der Waals surface area contributed by atoms with E-state index in [4.69, 9.17) is 0 Å². The lowest BCUT2D eigenvalue weighted by Gasteiger charge is -2.25. The van der Waals surface area contributed by atoms with Crippen molar-refractivity contribution in [3.8, 4) is 0 Å². The molecule has 1 N–H and O–H groups in total. The Morgan fingerprint density at radius 1 is 0.828 bits per heavy atom. The number of amides is 1. The normalized spacial score (nSPS) is 18.3. The Kier molecular flexibility index (Phi) is 4.77. The summed E-state index contributed by atoms with van der Waals surface area (Å²) in [6, 6.07) is 23.3. The molecule has 1 saturated heterocycles. The highest BCUT2D eigenvalue weighted by Crippen LogP contribution is 2.42. The summed E-state index contributed by atoms with van der Waals surface area (Å²) in [5.41, 5.74) is 4.07. The summed E-state index contributed by atoms with van der Waals surface area (Å²) in [7, 11) is 0. The molecule has 1 amide bonds. The third-order valence-corrected chi connectivity index (χ3v) is 5.16. The van der Waals surface area contributed by atoms with E-state index in [2.05, 4.69) is 0 Å². The molecule has 29 heavy (non-hydrogen) atoms. The van der Waals surface area contributed by atoms with E-state index < -0.39 is 17.7 Å². The van der Waals surface area contributed by atoms with Crippen LogP contribution < -0.4 is 4.90 Å². The Morgan fingerprint density at radius 2 is 1.52 bits per heavy atom. The third kappa shape index (κ3) is 3.34. The first-order chi connectivity index (χ1) is 14.0. The SMILES string of the molecule is Cc1ccc(C2C(=C(O)c3ccccc3)C(=O)C(=O)N2c2cccc(C)c2)cc1. The number of hydrogen-bond acceptors (Lipinski definition) is 3. The largest absolute Gasteiger partial charge is 0.507 e. The van der Waals surface area contributed by atoms with Gasteiger partial charge in [-0.25, -0.2) is 0 Å². The van der Waals surface area contributed by atoms with Crippen LogP contribution >= 0.6 is 0 Å². The quantitative estimate of drug-likeness (QED) is 0.396. The topological polar surface area (TPSA) is 57.6 Å². The van der Waals surface area contributed by atoms with Crippen molar-refractivity contribution in [2.24, 2.45) is 0 Å². The monoisotopic (exact) mass is 383 g/mol. The predicted octanol–water partition coefficient (Wildman–Crippen LogP) is 4.93. The lowest BCUT2D eigenvalue weighted by Crippen LogP contribution is -2.29. The lowest BCUT2D eigenvalue weighted by atomic mass is 9.94. The molecule has 4 heteroatoms. The molecule has 0 aliphatic carbocycles. The molecular weight excluding hydrogens is 362 g/mol. The summed E-state index contributed by atoms with van der Waals surface area (Å²) in [4.78, 5) is 27.6. The zero-order valence-electron chi connectivity index (χ0n) is 16.3. The van der Waals surface area contributed by atoms with Gasteiger partial charge < -0.3 is 5.11 Å². The van der Waals surface area contributed by atoms with Gasteiger partial charge in [-0.3, -0.25) is 14.5 Å². The van der Waals surface area contributed by atoms with Crippen molar-refractivity contribution < 1.29 is 14.7 Å². The first-order valence-corrected chi connectivity index (χ1v) is 9.47. The second kappa shape index (κ2) is 7.40. The molecule has 144 valence electrons. The Labute approximate surface area is 169 Å². The number of anilines is 1. The van der Waals surface area contributed by atoms with Gasteiger partial charge in [-0.2, -0.15) is 0 Å². The second-order valence-corrected chi connectivity index (χ2v) is 7.28. The first kappa shape index (κ1) is 18.7. The second-order valence-electron chi connectivity index (χ2n) is 7.28. The van der Waals surface area contributed by atoms with Crippen molar-refractivity contribution >= 4 is 23.1 Å². The molecule has 3 aromatic rings. The number of nitrogens with zero attached hydrogens (tertiary/aromatic N) is 1. The summed E-state index contributed by atoms with van der Waals surface area (Å²) in [5.74, 6) is -1.48. The van der Waals surface area contributed by atoms with E-state index in [-0.39, 0.29) is 11.3 Å². The highest BCUT2D eigenvalue weighted by molar-refractivity contribution is 6.51. The lowest BCUT2D eigenvalue weighted by molar-refractivity contribution is -0.132. The minimum absolute atomic E-state index is 0.103. The Bertz CT molecular complexity index is 1110. The zero-order chi connectivity index (χ0) is 20.5. The number of hydrogen-bond donors (Lipinski definition) is 1. The highest BCUT2D eigenvalue weighted by atomic mass is 16.3. The summed E-state index contributed by atoms with van der Waals surface area (Å²) in [5, 5.41) is 11.0. The van der Waals surface area contributed by atoms with Gasteiger partial charge in [-0.1, -0.05) is 72.3 Å². The van der Waals surface area contributed by atoms with Crippen molar-refractivity contribution in [1.29, 1.82) is 0 Å². The molecule has 0 bridgehead atoms.